The Morgan fingerprint density at radius 1 is 1.47 bits per heavy atom. The van der Waals surface area contributed by atoms with Crippen LogP contribution in [0, 0.1) is 6.92 Å². The lowest BCUT2D eigenvalue weighted by Gasteiger charge is -2.09. The molecule has 1 aromatic rings. The van der Waals surface area contributed by atoms with Gasteiger partial charge in [-0.1, -0.05) is 6.07 Å². The first-order chi connectivity index (χ1) is 7.89. The predicted octanol–water partition coefficient (Wildman–Crippen LogP) is 1.72. The zero-order valence-corrected chi connectivity index (χ0v) is 10.9. The van der Waals surface area contributed by atoms with Crippen molar-refractivity contribution >= 4 is 33.3 Å². The van der Waals surface area contributed by atoms with E-state index in [1.54, 1.807) is 19.1 Å². The van der Waals surface area contributed by atoms with E-state index in [1.165, 1.54) is 13.2 Å². The number of methoxy groups -OCH3 is 1. The Kier molecular flexibility index (Phi) is 4.36. The van der Waals surface area contributed by atoms with Crippen LogP contribution in [0.25, 0.3) is 0 Å². The summed E-state index contributed by atoms with van der Waals surface area (Å²) in [5.74, 6) is -0.531. The standard InChI is InChI=1S/C10H12ClNO4S/c1-7-3-4-8(10(13)16-2)5-9(7)12-17(14,15)6-11/h3-5,12H,6H2,1-2H3. The van der Waals surface area contributed by atoms with E-state index in [1.807, 2.05) is 0 Å². The largest absolute Gasteiger partial charge is 0.465 e. The molecule has 0 amide bonds. The molecule has 0 atom stereocenters. The van der Waals surface area contributed by atoms with E-state index >= 15 is 0 Å². The van der Waals surface area contributed by atoms with E-state index < -0.39 is 21.2 Å². The van der Waals surface area contributed by atoms with Gasteiger partial charge in [0.25, 0.3) is 0 Å². The molecule has 0 saturated heterocycles. The van der Waals surface area contributed by atoms with Crippen molar-refractivity contribution in [1.82, 2.24) is 0 Å². The summed E-state index contributed by atoms with van der Waals surface area (Å²) in [7, 11) is -2.33. The number of anilines is 1. The molecule has 0 fully saturated rings. The molecule has 0 unspecified atom stereocenters. The van der Waals surface area contributed by atoms with Gasteiger partial charge in [-0.2, -0.15) is 0 Å². The second-order valence-corrected chi connectivity index (χ2v) is 5.65. The Labute approximate surface area is 105 Å². The van der Waals surface area contributed by atoms with Gasteiger partial charge in [0.2, 0.25) is 10.0 Å². The van der Waals surface area contributed by atoms with Gasteiger partial charge in [0, 0.05) is 0 Å². The van der Waals surface area contributed by atoms with Crippen LogP contribution in [0.1, 0.15) is 15.9 Å². The zero-order chi connectivity index (χ0) is 13.1. The fourth-order valence-electron chi connectivity index (χ4n) is 1.17. The van der Waals surface area contributed by atoms with E-state index in [0.29, 0.717) is 11.3 Å². The number of halogens is 1. The lowest BCUT2D eigenvalue weighted by Crippen LogP contribution is -2.15. The van der Waals surface area contributed by atoms with E-state index in [9.17, 15) is 13.2 Å². The molecule has 0 aliphatic carbocycles. The number of carbonyl (C=O) groups is 1. The number of esters is 1. The highest BCUT2D eigenvalue weighted by Gasteiger charge is 2.13. The number of sulfonamides is 1. The summed E-state index contributed by atoms with van der Waals surface area (Å²) in [6, 6.07) is 4.59. The second kappa shape index (κ2) is 5.37. The molecule has 7 heteroatoms. The van der Waals surface area contributed by atoms with Crippen LogP contribution in [0.5, 0.6) is 0 Å². The van der Waals surface area contributed by atoms with Crippen molar-refractivity contribution in [1.29, 1.82) is 0 Å². The van der Waals surface area contributed by atoms with Crippen LogP contribution in [-0.2, 0) is 14.8 Å². The molecule has 5 nitrogen and oxygen atoms in total. The molecule has 0 bridgehead atoms. The molecule has 94 valence electrons. The number of hydrogen-bond acceptors (Lipinski definition) is 4. The molecule has 0 saturated carbocycles. The quantitative estimate of drug-likeness (QED) is 0.672. The SMILES string of the molecule is COC(=O)c1ccc(C)c(NS(=O)(=O)CCl)c1. The van der Waals surface area contributed by atoms with Crippen molar-refractivity contribution in [2.75, 3.05) is 17.0 Å². The van der Waals surface area contributed by atoms with E-state index in [2.05, 4.69) is 9.46 Å². The summed E-state index contributed by atoms with van der Waals surface area (Å²) < 4.78 is 29.5. The van der Waals surface area contributed by atoms with Crippen molar-refractivity contribution in [2.45, 2.75) is 6.92 Å². The highest BCUT2D eigenvalue weighted by molar-refractivity contribution is 7.93. The predicted molar refractivity (Wildman–Crippen MR) is 65.8 cm³/mol. The smallest absolute Gasteiger partial charge is 0.337 e. The van der Waals surface area contributed by atoms with Crippen LogP contribution in [-0.4, -0.2) is 26.7 Å². The molecule has 1 rings (SSSR count). The number of carbonyl (C=O) groups excluding carboxylic acids is 1. The Morgan fingerprint density at radius 2 is 2.12 bits per heavy atom. The average molecular weight is 278 g/mol. The monoisotopic (exact) mass is 277 g/mol. The van der Waals surface area contributed by atoms with Gasteiger partial charge in [-0.25, -0.2) is 13.2 Å². The van der Waals surface area contributed by atoms with E-state index in [4.69, 9.17) is 11.6 Å². The van der Waals surface area contributed by atoms with Gasteiger partial charge in [-0.15, -0.1) is 11.6 Å². The summed E-state index contributed by atoms with van der Waals surface area (Å²) in [5.41, 5.74) is 1.27. The van der Waals surface area contributed by atoms with Crippen molar-refractivity contribution in [3.63, 3.8) is 0 Å². The zero-order valence-electron chi connectivity index (χ0n) is 9.36. The average Bonchev–Trinajstić information content (AvgIpc) is 2.30. The first-order valence-corrected chi connectivity index (χ1v) is 6.83. The number of aryl methyl sites for hydroxylation is 1. The molecule has 17 heavy (non-hydrogen) atoms. The maximum atomic E-state index is 11.3. The number of nitrogens with one attached hydrogen (secondary N) is 1. The van der Waals surface area contributed by atoms with Crippen LogP contribution in [0.2, 0.25) is 0 Å². The van der Waals surface area contributed by atoms with Crippen LogP contribution in [0.3, 0.4) is 0 Å². The van der Waals surface area contributed by atoms with Gasteiger partial charge in [-0.05, 0) is 24.6 Å². The van der Waals surface area contributed by atoms with Crippen molar-refractivity contribution < 1.29 is 17.9 Å². The molecule has 1 N–H and O–H groups in total. The van der Waals surface area contributed by atoms with Crippen LogP contribution in [0.15, 0.2) is 18.2 Å². The molecule has 0 aliphatic rings. The topological polar surface area (TPSA) is 72.5 Å². The highest BCUT2D eigenvalue weighted by Crippen LogP contribution is 2.19. The van der Waals surface area contributed by atoms with Crippen molar-refractivity contribution in [3.8, 4) is 0 Å². The minimum atomic E-state index is -3.58. The highest BCUT2D eigenvalue weighted by atomic mass is 35.5. The molecule has 1 aromatic carbocycles. The van der Waals surface area contributed by atoms with E-state index in [0.717, 1.165) is 0 Å². The fourth-order valence-corrected chi connectivity index (χ4v) is 1.94. The van der Waals surface area contributed by atoms with Crippen molar-refractivity contribution in [2.24, 2.45) is 0 Å². The third kappa shape index (κ3) is 3.61. The molecular weight excluding hydrogens is 266 g/mol. The van der Waals surface area contributed by atoms with Gasteiger partial charge in [0.05, 0.1) is 18.4 Å². The minimum Gasteiger partial charge on any atom is -0.465 e. The number of ether oxygens (including phenoxy) is 1. The molecule has 0 heterocycles. The van der Waals surface area contributed by atoms with Gasteiger partial charge >= 0.3 is 5.97 Å². The molecular formula is C10H12ClNO4S. The molecule has 0 radical (unpaired) electrons. The van der Waals surface area contributed by atoms with Gasteiger partial charge < -0.3 is 4.74 Å². The summed E-state index contributed by atoms with van der Waals surface area (Å²) >= 11 is 5.28. The normalized spacial score (nSPS) is 11.0. The van der Waals surface area contributed by atoms with Gasteiger partial charge in [0.1, 0.15) is 5.21 Å². The Bertz CT molecular complexity index is 527. The lowest BCUT2D eigenvalue weighted by molar-refractivity contribution is 0.0601. The lowest BCUT2D eigenvalue weighted by atomic mass is 10.1. The number of benzene rings is 1. The second-order valence-electron chi connectivity index (χ2n) is 3.35. The Hall–Kier alpha value is -1.27. The summed E-state index contributed by atoms with van der Waals surface area (Å²) in [6.45, 7) is 1.72. The van der Waals surface area contributed by atoms with Gasteiger partial charge in [-0.3, -0.25) is 4.72 Å². The van der Waals surface area contributed by atoms with Crippen molar-refractivity contribution in [3.05, 3.63) is 29.3 Å². The maximum absolute atomic E-state index is 11.3. The maximum Gasteiger partial charge on any atom is 0.337 e. The van der Waals surface area contributed by atoms with Gasteiger partial charge in [0.15, 0.2) is 0 Å². The number of rotatable bonds is 4. The molecule has 0 spiro atoms. The Morgan fingerprint density at radius 3 is 2.65 bits per heavy atom. The molecule has 0 aliphatic heterocycles. The van der Waals surface area contributed by atoms with Crippen LogP contribution in [0.4, 0.5) is 5.69 Å². The first kappa shape index (κ1) is 13.8. The van der Waals surface area contributed by atoms with Crippen LogP contribution >= 0.6 is 11.6 Å². The first-order valence-electron chi connectivity index (χ1n) is 4.65. The Balaban J connectivity index is 3.11. The fraction of sp³-hybridized carbons (Fsp3) is 0.300. The van der Waals surface area contributed by atoms with E-state index in [-0.39, 0.29) is 5.56 Å². The number of hydrogen-bond donors (Lipinski definition) is 1. The minimum absolute atomic E-state index is 0.269. The number of alkyl halides is 1. The summed E-state index contributed by atoms with van der Waals surface area (Å²) in [6.07, 6.45) is 0. The van der Waals surface area contributed by atoms with Crippen LogP contribution < -0.4 is 4.72 Å². The summed E-state index contributed by atoms with van der Waals surface area (Å²) in [4.78, 5) is 11.3. The third-order valence-electron chi connectivity index (χ3n) is 2.07. The summed E-state index contributed by atoms with van der Waals surface area (Å²) in [5, 5.41) is -0.547. The third-order valence-corrected chi connectivity index (χ3v) is 3.75. The molecule has 0 aromatic heterocycles.